The molecule has 0 atom stereocenters. The van der Waals surface area contributed by atoms with Crippen molar-refractivity contribution < 1.29 is 14.0 Å². The summed E-state index contributed by atoms with van der Waals surface area (Å²) >= 11 is 4.40. The molecule has 0 amide bonds. The van der Waals surface area contributed by atoms with Crippen LogP contribution < -0.4 is 0 Å². The minimum absolute atomic E-state index is 0.545. The molecular weight excluding hydrogens is 234 g/mol. The molecule has 90 valence electrons. The van der Waals surface area contributed by atoms with E-state index in [9.17, 15) is 4.55 Å². The van der Waals surface area contributed by atoms with Crippen molar-refractivity contribution in [2.24, 2.45) is 4.99 Å². The lowest BCUT2D eigenvalue weighted by Crippen LogP contribution is -2.11. The number of ether oxygens (including phenoxy) is 2. The van der Waals surface area contributed by atoms with E-state index < -0.39 is 10.3 Å². The molecular formula is C9H19NO3S2. The average molecular weight is 253 g/mol. The van der Waals surface area contributed by atoms with Crippen LogP contribution in [-0.2, 0) is 9.47 Å². The lowest BCUT2D eigenvalue weighted by molar-refractivity contribution is 0.0569. The number of rotatable bonds is 9. The third-order valence-corrected chi connectivity index (χ3v) is 2.81. The molecule has 0 heterocycles. The smallest absolute Gasteiger partial charge is 0.0727 e. The summed E-state index contributed by atoms with van der Waals surface area (Å²) in [5, 5.41) is 2.27. The molecule has 0 aromatic rings. The van der Waals surface area contributed by atoms with E-state index in [0.29, 0.717) is 38.7 Å². The summed E-state index contributed by atoms with van der Waals surface area (Å²) in [4.78, 5) is 3.71. The number of thiocarbonyl (C=S) groups is 1. The molecule has 0 fully saturated rings. The molecule has 0 rings (SSSR count). The van der Waals surface area contributed by atoms with Gasteiger partial charge >= 0.3 is 0 Å². The van der Waals surface area contributed by atoms with Gasteiger partial charge in [0.05, 0.1) is 38.1 Å². The first-order chi connectivity index (χ1) is 7.06. The van der Waals surface area contributed by atoms with Crippen molar-refractivity contribution in [2.45, 2.75) is 0 Å². The number of hydrogen-bond donors (Lipinski definition) is 1. The van der Waals surface area contributed by atoms with E-state index in [1.54, 1.807) is 0 Å². The fourth-order valence-electron chi connectivity index (χ4n) is 0.741. The standard InChI is InChI=1S/C9H19NO3S2/c1-15(2,11)8-7-13-6-5-12-4-3-10-9-14/h11H,3-8H2,1-2H3. The highest BCUT2D eigenvalue weighted by Crippen LogP contribution is 2.32. The Bertz CT molecular complexity index is 200. The molecule has 15 heavy (non-hydrogen) atoms. The minimum Gasteiger partial charge on any atom is -0.378 e. The Balaban J connectivity index is 3.08. The molecule has 4 nitrogen and oxygen atoms in total. The van der Waals surface area contributed by atoms with Crippen molar-refractivity contribution in [1.29, 1.82) is 0 Å². The SMILES string of the molecule is CS(C)(O)CCOCCOCCN=C=S. The molecule has 0 radical (unpaired) electrons. The van der Waals surface area contributed by atoms with Crippen LogP contribution in [0.5, 0.6) is 0 Å². The van der Waals surface area contributed by atoms with Gasteiger partial charge in [-0.2, -0.15) is 0 Å². The first-order valence-corrected chi connectivity index (χ1v) is 7.67. The topological polar surface area (TPSA) is 51.0 Å². The summed E-state index contributed by atoms with van der Waals surface area (Å²) in [6.45, 7) is 2.78. The second kappa shape index (κ2) is 9.27. The van der Waals surface area contributed by atoms with Gasteiger partial charge < -0.3 is 14.0 Å². The monoisotopic (exact) mass is 253 g/mol. The third-order valence-electron chi connectivity index (χ3n) is 1.51. The maximum absolute atomic E-state index is 9.46. The van der Waals surface area contributed by atoms with Crippen LogP contribution in [0.1, 0.15) is 0 Å². The molecule has 0 spiro atoms. The van der Waals surface area contributed by atoms with E-state index in [2.05, 4.69) is 22.4 Å². The maximum Gasteiger partial charge on any atom is 0.0727 e. The summed E-state index contributed by atoms with van der Waals surface area (Å²) in [5.74, 6) is 0.711. The van der Waals surface area contributed by atoms with Crippen molar-refractivity contribution in [3.63, 3.8) is 0 Å². The zero-order valence-corrected chi connectivity index (χ0v) is 10.9. The van der Waals surface area contributed by atoms with Crippen molar-refractivity contribution in [1.82, 2.24) is 0 Å². The van der Waals surface area contributed by atoms with Gasteiger partial charge in [0.1, 0.15) is 0 Å². The first-order valence-electron chi connectivity index (χ1n) is 4.69. The lowest BCUT2D eigenvalue weighted by Gasteiger charge is -2.22. The minimum atomic E-state index is -1.43. The highest BCUT2D eigenvalue weighted by atomic mass is 32.3. The predicted molar refractivity (Wildman–Crippen MR) is 68.5 cm³/mol. The van der Waals surface area contributed by atoms with Gasteiger partial charge in [-0.1, -0.05) is 0 Å². The van der Waals surface area contributed by atoms with E-state index in [1.807, 2.05) is 12.5 Å². The molecule has 0 aromatic carbocycles. The zero-order valence-electron chi connectivity index (χ0n) is 9.27. The van der Waals surface area contributed by atoms with Crippen molar-refractivity contribution in [2.75, 3.05) is 51.2 Å². The van der Waals surface area contributed by atoms with Crippen molar-refractivity contribution >= 4 is 27.7 Å². The second-order valence-corrected chi connectivity index (χ2v) is 6.93. The molecule has 0 saturated heterocycles. The zero-order chi connectivity index (χ0) is 11.6. The van der Waals surface area contributed by atoms with Crippen LogP contribution in [0.4, 0.5) is 0 Å². The number of hydrogen-bond acceptors (Lipinski definition) is 5. The largest absolute Gasteiger partial charge is 0.378 e. The Morgan fingerprint density at radius 1 is 1.20 bits per heavy atom. The molecule has 0 aromatic heterocycles. The molecule has 6 heteroatoms. The van der Waals surface area contributed by atoms with Crippen molar-refractivity contribution in [3.8, 4) is 0 Å². The maximum atomic E-state index is 9.46. The van der Waals surface area contributed by atoms with Crippen LogP contribution >= 0.6 is 22.5 Å². The third kappa shape index (κ3) is 14.0. The highest BCUT2D eigenvalue weighted by Gasteiger charge is 2.04. The predicted octanol–water partition coefficient (Wildman–Crippen LogP) is 1.66. The fourth-order valence-corrected chi connectivity index (χ4v) is 1.36. The van der Waals surface area contributed by atoms with Gasteiger partial charge in [0.15, 0.2) is 0 Å². The Hall–Kier alpha value is 0.0300. The summed E-state index contributed by atoms with van der Waals surface area (Å²) < 4.78 is 20.0. The Labute approximate surface area is 98.2 Å². The van der Waals surface area contributed by atoms with Gasteiger partial charge in [0, 0.05) is 5.75 Å². The van der Waals surface area contributed by atoms with Crippen LogP contribution in [-0.4, -0.2) is 61.0 Å². The quantitative estimate of drug-likeness (QED) is 0.386. The van der Waals surface area contributed by atoms with Gasteiger partial charge in [-0.15, -0.1) is 10.3 Å². The van der Waals surface area contributed by atoms with Crippen LogP contribution in [0.3, 0.4) is 0 Å². The second-order valence-electron chi connectivity index (χ2n) is 3.38. The summed E-state index contributed by atoms with van der Waals surface area (Å²) in [7, 11) is -1.43. The summed E-state index contributed by atoms with van der Waals surface area (Å²) in [6.07, 6.45) is 3.69. The number of isothiocyanates is 1. The van der Waals surface area contributed by atoms with Gasteiger partial charge in [0.25, 0.3) is 0 Å². The van der Waals surface area contributed by atoms with Gasteiger partial charge in [-0.3, -0.25) is 0 Å². The number of nitrogens with zero attached hydrogens (tertiary/aromatic N) is 1. The van der Waals surface area contributed by atoms with Gasteiger partial charge in [-0.05, 0) is 24.7 Å². The molecule has 0 saturated carbocycles. The van der Waals surface area contributed by atoms with E-state index in [0.717, 1.165) is 0 Å². The van der Waals surface area contributed by atoms with Crippen LogP contribution in [0.15, 0.2) is 4.99 Å². The molecule has 0 aliphatic carbocycles. The average Bonchev–Trinajstić information content (AvgIpc) is 2.14. The van der Waals surface area contributed by atoms with Gasteiger partial charge in [-0.25, -0.2) is 4.99 Å². The highest BCUT2D eigenvalue weighted by molar-refractivity contribution is 8.28. The van der Waals surface area contributed by atoms with Gasteiger partial charge in [0.2, 0.25) is 0 Å². The Morgan fingerprint density at radius 3 is 2.33 bits per heavy atom. The first kappa shape index (κ1) is 15.0. The Kier molecular flexibility index (Phi) is 9.29. The van der Waals surface area contributed by atoms with E-state index in [1.165, 1.54) is 0 Å². The van der Waals surface area contributed by atoms with Crippen LogP contribution in [0.25, 0.3) is 0 Å². The molecule has 0 bridgehead atoms. The van der Waals surface area contributed by atoms with Crippen molar-refractivity contribution in [3.05, 3.63) is 0 Å². The molecule has 0 aliphatic heterocycles. The molecule has 0 unspecified atom stereocenters. The fraction of sp³-hybridized carbons (Fsp3) is 0.889. The summed E-state index contributed by atoms with van der Waals surface area (Å²) in [6, 6.07) is 0. The normalized spacial score (nSPS) is 12.2. The molecule has 0 aliphatic rings. The molecule has 1 N–H and O–H groups in total. The number of aliphatic imine (C=N–C) groups is 1. The van der Waals surface area contributed by atoms with Crippen LogP contribution in [0, 0.1) is 0 Å². The Morgan fingerprint density at radius 2 is 1.80 bits per heavy atom. The van der Waals surface area contributed by atoms with E-state index >= 15 is 0 Å². The van der Waals surface area contributed by atoms with Crippen LogP contribution in [0.2, 0.25) is 0 Å². The summed E-state index contributed by atoms with van der Waals surface area (Å²) in [5.41, 5.74) is 0. The van der Waals surface area contributed by atoms with E-state index in [-0.39, 0.29) is 0 Å². The van der Waals surface area contributed by atoms with E-state index in [4.69, 9.17) is 9.47 Å². The lowest BCUT2D eigenvalue weighted by atomic mass is 10.7.